The summed E-state index contributed by atoms with van der Waals surface area (Å²) < 4.78 is 7.31. The molecule has 1 N–H and O–H groups in total. The van der Waals surface area contributed by atoms with Gasteiger partial charge in [0.15, 0.2) is 0 Å². The van der Waals surface area contributed by atoms with E-state index in [0.29, 0.717) is 24.8 Å². The van der Waals surface area contributed by atoms with E-state index < -0.39 is 0 Å². The summed E-state index contributed by atoms with van der Waals surface area (Å²) in [5, 5.41) is 2.91. The lowest BCUT2D eigenvalue weighted by molar-refractivity contribution is 0.0816. The van der Waals surface area contributed by atoms with Gasteiger partial charge in [-0.1, -0.05) is 26.0 Å². The van der Waals surface area contributed by atoms with Gasteiger partial charge in [0, 0.05) is 18.4 Å². The number of hydrogen-bond donors (Lipinski definition) is 1. The number of nitrogens with zero attached hydrogens (tertiary/aromatic N) is 2. The Bertz CT molecular complexity index is 638. The monoisotopic (exact) mass is 285 g/mol. The van der Waals surface area contributed by atoms with Gasteiger partial charge in [0.25, 0.3) is 5.91 Å². The number of carbonyl (C=O) groups excluding carboxylic acids is 1. The molecule has 0 bridgehead atoms. The quantitative estimate of drug-likeness (QED) is 0.943. The van der Waals surface area contributed by atoms with E-state index in [9.17, 15) is 4.79 Å². The minimum atomic E-state index is -0.183. The fraction of sp³-hybridized carbons (Fsp3) is 0.375. The predicted molar refractivity (Wildman–Crippen MR) is 80.4 cm³/mol. The van der Waals surface area contributed by atoms with Crippen molar-refractivity contribution >= 4 is 11.6 Å². The SMILES string of the molecule is CC(C)c1cccc(NC(=O)c2cn3c(n2)COCC3)c1. The third kappa shape index (κ3) is 2.97. The first-order valence-corrected chi connectivity index (χ1v) is 7.18. The Kier molecular flexibility index (Phi) is 3.75. The molecule has 0 saturated heterocycles. The highest BCUT2D eigenvalue weighted by atomic mass is 16.5. The van der Waals surface area contributed by atoms with Crippen molar-refractivity contribution in [2.24, 2.45) is 0 Å². The zero-order valence-electron chi connectivity index (χ0n) is 12.3. The number of carbonyl (C=O) groups is 1. The molecule has 2 aromatic rings. The lowest BCUT2D eigenvalue weighted by Crippen LogP contribution is -2.15. The van der Waals surface area contributed by atoms with Crippen molar-refractivity contribution in [3.63, 3.8) is 0 Å². The summed E-state index contributed by atoms with van der Waals surface area (Å²) in [5.41, 5.74) is 2.43. The summed E-state index contributed by atoms with van der Waals surface area (Å²) in [6.45, 7) is 6.14. The molecule has 0 saturated carbocycles. The van der Waals surface area contributed by atoms with Crippen LogP contribution in [0.1, 0.15) is 41.6 Å². The molecule has 0 spiro atoms. The zero-order chi connectivity index (χ0) is 14.8. The standard InChI is InChI=1S/C16H19N3O2/c1-11(2)12-4-3-5-13(8-12)17-16(20)14-9-19-6-7-21-10-15(19)18-14/h3-5,8-9,11H,6-7,10H2,1-2H3,(H,17,20). The molecule has 110 valence electrons. The van der Waals surface area contributed by atoms with Crippen LogP contribution in [0.25, 0.3) is 0 Å². The predicted octanol–water partition coefficient (Wildman–Crippen LogP) is 2.79. The average Bonchev–Trinajstić information content (AvgIpc) is 2.91. The normalized spacial score (nSPS) is 14.0. The molecule has 0 fully saturated rings. The Morgan fingerprint density at radius 2 is 2.29 bits per heavy atom. The van der Waals surface area contributed by atoms with Crippen molar-refractivity contribution < 1.29 is 9.53 Å². The Hall–Kier alpha value is -2.14. The third-order valence-electron chi connectivity index (χ3n) is 3.61. The number of fused-ring (bicyclic) bond motifs is 1. The van der Waals surface area contributed by atoms with E-state index >= 15 is 0 Å². The largest absolute Gasteiger partial charge is 0.372 e. The van der Waals surface area contributed by atoms with Crippen LogP contribution in [-0.2, 0) is 17.9 Å². The van der Waals surface area contributed by atoms with Crippen molar-refractivity contribution in [2.75, 3.05) is 11.9 Å². The topological polar surface area (TPSA) is 56.2 Å². The number of rotatable bonds is 3. The Labute approximate surface area is 124 Å². The summed E-state index contributed by atoms with van der Waals surface area (Å²) in [7, 11) is 0. The number of ether oxygens (including phenoxy) is 1. The van der Waals surface area contributed by atoms with Gasteiger partial charge in [-0.3, -0.25) is 4.79 Å². The summed E-state index contributed by atoms with van der Waals surface area (Å²) in [6, 6.07) is 7.91. The lowest BCUT2D eigenvalue weighted by Gasteiger charge is -2.13. The molecule has 1 aliphatic rings. The van der Waals surface area contributed by atoms with Crippen molar-refractivity contribution in [1.82, 2.24) is 9.55 Å². The number of anilines is 1. The number of benzene rings is 1. The minimum absolute atomic E-state index is 0.183. The molecule has 1 amide bonds. The fourth-order valence-electron chi connectivity index (χ4n) is 2.37. The van der Waals surface area contributed by atoms with Crippen LogP contribution in [0.15, 0.2) is 30.5 Å². The average molecular weight is 285 g/mol. The summed E-state index contributed by atoms with van der Waals surface area (Å²) >= 11 is 0. The summed E-state index contributed by atoms with van der Waals surface area (Å²) in [5.74, 6) is 1.05. The molecule has 0 atom stereocenters. The second-order valence-corrected chi connectivity index (χ2v) is 5.52. The molecule has 5 nitrogen and oxygen atoms in total. The highest BCUT2D eigenvalue weighted by Gasteiger charge is 2.17. The lowest BCUT2D eigenvalue weighted by atomic mass is 10.0. The van der Waals surface area contributed by atoms with E-state index in [2.05, 4.69) is 30.2 Å². The van der Waals surface area contributed by atoms with Crippen LogP contribution in [0.5, 0.6) is 0 Å². The molecule has 5 heteroatoms. The van der Waals surface area contributed by atoms with E-state index in [1.807, 2.05) is 22.8 Å². The minimum Gasteiger partial charge on any atom is -0.372 e. The van der Waals surface area contributed by atoms with Gasteiger partial charge in [0.05, 0.1) is 6.61 Å². The van der Waals surface area contributed by atoms with Crippen LogP contribution in [0.2, 0.25) is 0 Å². The Balaban J connectivity index is 1.77. The van der Waals surface area contributed by atoms with Crippen LogP contribution in [0.4, 0.5) is 5.69 Å². The van der Waals surface area contributed by atoms with E-state index in [1.54, 1.807) is 6.20 Å². The molecule has 3 rings (SSSR count). The Morgan fingerprint density at radius 3 is 3.05 bits per heavy atom. The molecule has 1 aliphatic heterocycles. The van der Waals surface area contributed by atoms with Crippen LogP contribution >= 0.6 is 0 Å². The molecule has 2 heterocycles. The number of imidazole rings is 1. The maximum absolute atomic E-state index is 12.3. The van der Waals surface area contributed by atoms with E-state index in [0.717, 1.165) is 18.1 Å². The Morgan fingerprint density at radius 1 is 1.43 bits per heavy atom. The number of hydrogen-bond acceptors (Lipinski definition) is 3. The van der Waals surface area contributed by atoms with Crippen LogP contribution in [-0.4, -0.2) is 22.1 Å². The van der Waals surface area contributed by atoms with Gasteiger partial charge in [-0.2, -0.15) is 0 Å². The first-order chi connectivity index (χ1) is 10.1. The van der Waals surface area contributed by atoms with Crippen molar-refractivity contribution in [2.45, 2.75) is 32.9 Å². The zero-order valence-corrected chi connectivity index (χ0v) is 12.3. The van der Waals surface area contributed by atoms with Gasteiger partial charge in [0.2, 0.25) is 0 Å². The van der Waals surface area contributed by atoms with E-state index in [-0.39, 0.29) is 5.91 Å². The number of aromatic nitrogens is 2. The van der Waals surface area contributed by atoms with Gasteiger partial charge in [-0.15, -0.1) is 0 Å². The maximum Gasteiger partial charge on any atom is 0.275 e. The molecular weight excluding hydrogens is 266 g/mol. The van der Waals surface area contributed by atoms with E-state index in [4.69, 9.17) is 4.74 Å². The second-order valence-electron chi connectivity index (χ2n) is 5.52. The van der Waals surface area contributed by atoms with Crippen LogP contribution in [0.3, 0.4) is 0 Å². The molecular formula is C16H19N3O2. The van der Waals surface area contributed by atoms with Crippen LogP contribution < -0.4 is 5.32 Å². The summed E-state index contributed by atoms with van der Waals surface area (Å²) in [6.07, 6.45) is 1.79. The molecule has 0 aliphatic carbocycles. The fourth-order valence-corrected chi connectivity index (χ4v) is 2.37. The third-order valence-corrected chi connectivity index (χ3v) is 3.61. The van der Waals surface area contributed by atoms with Gasteiger partial charge in [-0.05, 0) is 23.6 Å². The first-order valence-electron chi connectivity index (χ1n) is 7.18. The van der Waals surface area contributed by atoms with Crippen molar-refractivity contribution in [1.29, 1.82) is 0 Å². The van der Waals surface area contributed by atoms with Crippen molar-refractivity contribution in [3.8, 4) is 0 Å². The smallest absolute Gasteiger partial charge is 0.275 e. The molecule has 0 radical (unpaired) electrons. The van der Waals surface area contributed by atoms with Crippen molar-refractivity contribution in [3.05, 3.63) is 47.5 Å². The van der Waals surface area contributed by atoms with Gasteiger partial charge < -0.3 is 14.6 Å². The van der Waals surface area contributed by atoms with Gasteiger partial charge >= 0.3 is 0 Å². The van der Waals surface area contributed by atoms with Crippen LogP contribution in [0, 0.1) is 0 Å². The van der Waals surface area contributed by atoms with Gasteiger partial charge in [-0.25, -0.2) is 4.98 Å². The van der Waals surface area contributed by atoms with Gasteiger partial charge in [0.1, 0.15) is 18.1 Å². The molecule has 0 unspecified atom stereocenters. The molecule has 1 aromatic heterocycles. The number of amides is 1. The first kappa shape index (κ1) is 13.8. The molecule has 21 heavy (non-hydrogen) atoms. The maximum atomic E-state index is 12.3. The summed E-state index contributed by atoms with van der Waals surface area (Å²) in [4.78, 5) is 16.6. The highest BCUT2D eigenvalue weighted by molar-refractivity contribution is 6.02. The highest BCUT2D eigenvalue weighted by Crippen LogP contribution is 2.19. The number of nitrogens with one attached hydrogen (secondary N) is 1. The molecule has 1 aromatic carbocycles. The second kappa shape index (κ2) is 5.69. The van der Waals surface area contributed by atoms with E-state index in [1.165, 1.54) is 5.56 Å².